The number of aromatic amines is 1. The number of amides is 1. The first-order valence-electron chi connectivity index (χ1n) is 7.11. The summed E-state index contributed by atoms with van der Waals surface area (Å²) in [6, 6.07) is 7.38. The lowest BCUT2D eigenvalue weighted by Crippen LogP contribution is -2.48. The minimum absolute atomic E-state index is 0.0827. The van der Waals surface area contributed by atoms with Crippen molar-refractivity contribution in [3.05, 3.63) is 30.0 Å². The third-order valence-corrected chi connectivity index (χ3v) is 3.64. The number of carbonyl (C=O) groups is 1. The third kappa shape index (κ3) is 3.36. The molecule has 2 aromatic rings. The van der Waals surface area contributed by atoms with Crippen molar-refractivity contribution >= 4 is 16.8 Å². The van der Waals surface area contributed by atoms with Crippen LogP contribution in [0, 0.1) is 0 Å². The summed E-state index contributed by atoms with van der Waals surface area (Å²) in [6.07, 6.45) is 1.62. The lowest BCUT2D eigenvalue weighted by atomic mass is 9.97. The predicted octanol–water partition coefficient (Wildman–Crippen LogP) is 2.46. The number of nitrogens with one attached hydrogen (secondary N) is 2. The number of ether oxygens (including phenoxy) is 1. The predicted molar refractivity (Wildman–Crippen MR) is 82.7 cm³/mol. The number of H-pyrrole nitrogens is 1. The zero-order chi connectivity index (χ0) is 15.5. The van der Waals surface area contributed by atoms with Gasteiger partial charge in [-0.1, -0.05) is 13.3 Å². The molecule has 0 unspecified atom stereocenters. The van der Waals surface area contributed by atoms with Crippen LogP contribution in [0.5, 0.6) is 5.75 Å². The van der Waals surface area contributed by atoms with Crippen molar-refractivity contribution in [3.8, 4) is 5.75 Å². The lowest BCUT2D eigenvalue weighted by Gasteiger charge is -2.28. The second-order valence-corrected chi connectivity index (χ2v) is 5.56. The van der Waals surface area contributed by atoms with Crippen molar-refractivity contribution in [2.75, 3.05) is 13.7 Å². The van der Waals surface area contributed by atoms with Crippen LogP contribution in [0.4, 0.5) is 0 Å². The van der Waals surface area contributed by atoms with Gasteiger partial charge in [0, 0.05) is 10.9 Å². The van der Waals surface area contributed by atoms with Gasteiger partial charge < -0.3 is 20.1 Å². The molecular formula is C16H22N2O3. The van der Waals surface area contributed by atoms with Gasteiger partial charge in [0.1, 0.15) is 11.4 Å². The highest BCUT2D eigenvalue weighted by Gasteiger charge is 2.25. The van der Waals surface area contributed by atoms with Crippen LogP contribution in [0.15, 0.2) is 24.3 Å². The Morgan fingerprint density at radius 3 is 2.81 bits per heavy atom. The van der Waals surface area contributed by atoms with Crippen molar-refractivity contribution < 1.29 is 14.6 Å². The Hall–Kier alpha value is -2.01. The molecule has 1 heterocycles. The molecular weight excluding hydrogens is 268 g/mol. The van der Waals surface area contributed by atoms with E-state index in [-0.39, 0.29) is 12.5 Å². The van der Waals surface area contributed by atoms with Crippen LogP contribution in [0.25, 0.3) is 10.9 Å². The molecule has 0 spiro atoms. The number of methoxy groups -OCH3 is 1. The van der Waals surface area contributed by atoms with E-state index >= 15 is 0 Å². The van der Waals surface area contributed by atoms with Crippen LogP contribution >= 0.6 is 0 Å². The van der Waals surface area contributed by atoms with Crippen LogP contribution in [0.3, 0.4) is 0 Å². The Labute approximate surface area is 124 Å². The molecule has 3 N–H and O–H groups in total. The maximum Gasteiger partial charge on any atom is 0.268 e. The van der Waals surface area contributed by atoms with E-state index in [4.69, 9.17) is 4.74 Å². The second-order valence-electron chi connectivity index (χ2n) is 5.56. The van der Waals surface area contributed by atoms with Crippen LogP contribution in [-0.4, -0.2) is 35.3 Å². The molecule has 0 aliphatic rings. The largest absolute Gasteiger partial charge is 0.497 e. The molecule has 1 amide bonds. The number of carbonyl (C=O) groups excluding carboxylic acids is 1. The Kier molecular flexibility index (Phi) is 4.53. The van der Waals surface area contributed by atoms with Gasteiger partial charge in [0.2, 0.25) is 0 Å². The molecule has 5 heteroatoms. The number of rotatable bonds is 6. The second kappa shape index (κ2) is 6.18. The van der Waals surface area contributed by atoms with Gasteiger partial charge in [-0.3, -0.25) is 4.79 Å². The molecule has 0 aliphatic heterocycles. The zero-order valence-electron chi connectivity index (χ0n) is 12.7. The van der Waals surface area contributed by atoms with Gasteiger partial charge in [0.05, 0.1) is 19.3 Å². The highest BCUT2D eigenvalue weighted by molar-refractivity contribution is 5.98. The van der Waals surface area contributed by atoms with E-state index < -0.39 is 5.54 Å². The highest BCUT2D eigenvalue weighted by Crippen LogP contribution is 2.22. The quantitative estimate of drug-likeness (QED) is 0.765. The molecule has 5 nitrogen and oxygen atoms in total. The van der Waals surface area contributed by atoms with E-state index in [1.807, 2.05) is 32.0 Å². The monoisotopic (exact) mass is 290 g/mol. The molecule has 2 rings (SSSR count). The Morgan fingerprint density at radius 2 is 2.19 bits per heavy atom. The SMILES string of the molecule is CCC[C@@](C)(CO)NC(=O)c1cc2cc(OC)ccc2[nH]1. The fraction of sp³-hybridized carbons (Fsp3) is 0.438. The van der Waals surface area contributed by atoms with E-state index in [1.54, 1.807) is 13.2 Å². The number of hydrogen-bond acceptors (Lipinski definition) is 3. The van der Waals surface area contributed by atoms with Gasteiger partial charge in [0.25, 0.3) is 5.91 Å². The van der Waals surface area contributed by atoms with Crippen molar-refractivity contribution in [2.45, 2.75) is 32.2 Å². The first-order valence-corrected chi connectivity index (χ1v) is 7.11. The van der Waals surface area contributed by atoms with E-state index in [1.165, 1.54) is 0 Å². The Balaban J connectivity index is 2.23. The van der Waals surface area contributed by atoms with Gasteiger partial charge in [-0.05, 0) is 37.6 Å². The van der Waals surface area contributed by atoms with Gasteiger partial charge in [-0.25, -0.2) is 0 Å². The van der Waals surface area contributed by atoms with Crippen LogP contribution < -0.4 is 10.1 Å². The summed E-state index contributed by atoms with van der Waals surface area (Å²) >= 11 is 0. The molecule has 1 aromatic heterocycles. The fourth-order valence-corrected chi connectivity index (χ4v) is 2.43. The molecule has 0 bridgehead atoms. The maximum absolute atomic E-state index is 12.3. The van der Waals surface area contributed by atoms with E-state index in [9.17, 15) is 9.90 Å². The zero-order valence-corrected chi connectivity index (χ0v) is 12.7. The fourth-order valence-electron chi connectivity index (χ4n) is 2.43. The van der Waals surface area contributed by atoms with Crippen molar-refractivity contribution in [1.29, 1.82) is 0 Å². The molecule has 0 aliphatic carbocycles. The number of fused-ring (bicyclic) bond motifs is 1. The summed E-state index contributed by atoms with van der Waals surface area (Å²) in [5, 5.41) is 13.3. The Morgan fingerprint density at radius 1 is 1.43 bits per heavy atom. The van der Waals surface area contributed by atoms with Gasteiger partial charge in [-0.15, -0.1) is 0 Å². The van der Waals surface area contributed by atoms with Crippen molar-refractivity contribution in [3.63, 3.8) is 0 Å². The minimum atomic E-state index is -0.596. The van der Waals surface area contributed by atoms with Crippen molar-refractivity contribution in [1.82, 2.24) is 10.3 Å². The molecule has 0 saturated carbocycles. The topological polar surface area (TPSA) is 74.3 Å². The van der Waals surface area contributed by atoms with E-state index in [0.717, 1.165) is 29.5 Å². The molecule has 0 radical (unpaired) electrons. The number of hydrogen-bond donors (Lipinski definition) is 3. The normalized spacial score (nSPS) is 13.9. The maximum atomic E-state index is 12.3. The van der Waals surface area contributed by atoms with Crippen LogP contribution in [-0.2, 0) is 0 Å². The number of benzene rings is 1. The minimum Gasteiger partial charge on any atom is -0.497 e. The molecule has 0 fully saturated rings. The number of aliphatic hydroxyl groups excluding tert-OH is 1. The summed E-state index contributed by atoms with van der Waals surface area (Å²) in [6.45, 7) is 3.79. The Bertz CT molecular complexity index is 635. The van der Waals surface area contributed by atoms with Gasteiger partial charge in [-0.2, -0.15) is 0 Å². The summed E-state index contributed by atoms with van der Waals surface area (Å²) < 4.78 is 5.17. The standard InChI is InChI=1S/C16H22N2O3/c1-4-7-16(2,10-19)18-15(20)14-9-11-8-12(21-3)5-6-13(11)17-14/h5-6,8-9,17,19H,4,7,10H2,1-3H3,(H,18,20)/t16-/m0/s1. The first kappa shape index (κ1) is 15.4. The lowest BCUT2D eigenvalue weighted by molar-refractivity contribution is 0.0836. The molecule has 1 aromatic carbocycles. The smallest absolute Gasteiger partial charge is 0.268 e. The third-order valence-electron chi connectivity index (χ3n) is 3.64. The summed E-state index contributed by atoms with van der Waals surface area (Å²) in [5.41, 5.74) is 0.761. The highest BCUT2D eigenvalue weighted by atomic mass is 16.5. The first-order chi connectivity index (χ1) is 10.0. The van der Waals surface area contributed by atoms with Gasteiger partial charge >= 0.3 is 0 Å². The average molecular weight is 290 g/mol. The molecule has 1 atom stereocenters. The summed E-state index contributed by atoms with van der Waals surface area (Å²) in [4.78, 5) is 15.4. The molecule has 0 saturated heterocycles. The van der Waals surface area contributed by atoms with E-state index in [0.29, 0.717) is 5.69 Å². The summed E-state index contributed by atoms with van der Waals surface area (Å²) in [7, 11) is 1.61. The number of aliphatic hydroxyl groups is 1. The van der Waals surface area contributed by atoms with Crippen LogP contribution in [0.1, 0.15) is 37.2 Å². The van der Waals surface area contributed by atoms with E-state index in [2.05, 4.69) is 10.3 Å². The molecule has 21 heavy (non-hydrogen) atoms. The number of aromatic nitrogens is 1. The average Bonchev–Trinajstić information content (AvgIpc) is 2.90. The van der Waals surface area contributed by atoms with Crippen LogP contribution in [0.2, 0.25) is 0 Å². The van der Waals surface area contributed by atoms with Crippen molar-refractivity contribution in [2.24, 2.45) is 0 Å². The molecule has 114 valence electrons. The van der Waals surface area contributed by atoms with Gasteiger partial charge in [0.15, 0.2) is 0 Å². The summed E-state index contributed by atoms with van der Waals surface area (Å²) in [5.74, 6) is 0.537.